The van der Waals surface area contributed by atoms with E-state index in [1.54, 1.807) is 11.3 Å². The third-order valence-electron chi connectivity index (χ3n) is 4.86. The quantitative estimate of drug-likeness (QED) is 0.849. The summed E-state index contributed by atoms with van der Waals surface area (Å²) in [7, 11) is 0. The summed E-state index contributed by atoms with van der Waals surface area (Å²) >= 11 is 1.76. The molecule has 1 aliphatic carbocycles. The van der Waals surface area contributed by atoms with Gasteiger partial charge in [0, 0.05) is 43.6 Å². The Kier molecular flexibility index (Phi) is 3.54. The summed E-state index contributed by atoms with van der Waals surface area (Å²) in [4.78, 5) is 9.88. The van der Waals surface area contributed by atoms with Crippen LogP contribution in [0, 0.1) is 12.8 Å². The maximum absolute atomic E-state index is 5.87. The van der Waals surface area contributed by atoms with Gasteiger partial charge in [-0.1, -0.05) is 0 Å². The van der Waals surface area contributed by atoms with Gasteiger partial charge in [-0.05, 0) is 25.7 Å². The van der Waals surface area contributed by atoms with Gasteiger partial charge in [0.2, 0.25) is 0 Å². The average Bonchev–Trinajstić information content (AvgIpc) is 3.22. The number of hydrogen-bond donors (Lipinski definition) is 0. The fraction of sp³-hybridized carbons (Fsp3) is 0.800. The standard InChI is InChI=1S/C15H23N3OS/c1-11-16-13(10-20-11)6-17-4-5-18-14(7-17)8-19-9-15(18)12-2-3-12/h10,12,14-15H,2-9H2,1H3/t14-,15-/m1/s1. The number of aryl methyl sites for hydroxylation is 1. The first-order valence-corrected chi connectivity index (χ1v) is 8.64. The zero-order chi connectivity index (χ0) is 13.5. The lowest BCUT2D eigenvalue weighted by atomic mass is 10.0. The normalized spacial score (nSPS) is 32.2. The number of hydrogen-bond acceptors (Lipinski definition) is 5. The highest BCUT2D eigenvalue weighted by molar-refractivity contribution is 7.09. The van der Waals surface area contributed by atoms with E-state index in [1.165, 1.54) is 36.6 Å². The zero-order valence-corrected chi connectivity index (χ0v) is 12.9. The predicted molar refractivity (Wildman–Crippen MR) is 80.0 cm³/mol. The van der Waals surface area contributed by atoms with Gasteiger partial charge in [0.05, 0.1) is 23.9 Å². The smallest absolute Gasteiger partial charge is 0.0897 e. The SMILES string of the molecule is Cc1nc(CN2CCN3[C@@H](COC[C@@H]3C3CC3)C2)cs1. The van der Waals surface area contributed by atoms with Crippen LogP contribution in [0.3, 0.4) is 0 Å². The van der Waals surface area contributed by atoms with Crippen LogP contribution < -0.4 is 0 Å². The predicted octanol–water partition coefficient (Wildman–Crippen LogP) is 1.75. The molecule has 3 heterocycles. The summed E-state index contributed by atoms with van der Waals surface area (Å²) in [5, 5.41) is 3.37. The van der Waals surface area contributed by atoms with E-state index in [-0.39, 0.29) is 0 Å². The van der Waals surface area contributed by atoms with Crippen molar-refractivity contribution in [2.24, 2.45) is 5.92 Å². The van der Waals surface area contributed by atoms with Crippen LogP contribution in [0.15, 0.2) is 5.38 Å². The molecular formula is C15H23N3OS. The van der Waals surface area contributed by atoms with Crippen LogP contribution in [-0.2, 0) is 11.3 Å². The van der Waals surface area contributed by atoms with Crippen molar-refractivity contribution in [1.82, 2.24) is 14.8 Å². The summed E-state index contributed by atoms with van der Waals surface area (Å²) in [5.74, 6) is 0.922. The van der Waals surface area contributed by atoms with Crippen molar-refractivity contribution in [2.75, 3.05) is 32.8 Å². The molecular weight excluding hydrogens is 270 g/mol. The Morgan fingerprint density at radius 1 is 1.35 bits per heavy atom. The Balaban J connectivity index is 1.39. The Morgan fingerprint density at radius 2 is 2.25 bits per heavy atom. The second-order valence-corrected chi connectivity index (χ2v) is 7.49. The van der Waals surface area contributed by atoms with Crippen molar-refractivity contribution in [3.8, 4) is 0 Å². The molecule has 2 saturated heterocycles. The van der Waals surface area contributed by atoms with Gasteiger partial charge in [-0.3, -0.25) is 9.80 Å². The molecule has 0 unspecified atom stereocenters. The second kappa shape index (κ2) is 5.37. The Bertz CT molecular complexity index is 473. The fourth-order valence-electron chi connectivity index (χ4n) is 3.68. The van der Waals surface area contributed by atoms with Gasteiger partial charge in [0.1, 0.15) is 0 Å². The third-order valence-corrected chi connectivity index (χ3v) is 5.68. The van der Waals surface area contributed by atoms with Crippen LogP contribution in [-0.4, -0.2) is 59.7 Å². The molecule has 4 rings (SSSR count). The zero-order valence-electron chi connectivity index (χ0n) is 12.1. The number of fused-ring (bicyclic) bond motifs is 1. The first-order chi connectivity index (χ1) is 9.79. The molecule has 0 N–H and O–H groups in total. The van der Waals surface area contributed by atoms with E-state index in [9.17, 15) is 0 Å². The summed E-state index contributed by atoms with van der Waals surface area (Å²) in [6.45, 7) is 8.49. The van der Waals surface area contributed by atoms with Crippen molar-refractivity contribution in [2.45, 2.75) is 38.4 Å². The molecule has 3 aliphatic rings. The van der Waals surface area contributed by atoms with E-state index in [2.05, 4.69) is 27.1 Å². The number of rotatable bonds is 3. The molecule has 2 aliphatic heterocycles. The van der Waals surface area contributed by atoms with Crippen molar-refractivity contribution < 1.29 is 4.74 Å². The van der Waals surface area contributed by atoms with Crippen LogP contribution in [0.1, 0.15) is 23.5 Å². The monoisotopic (exact) mass is 293 g/mol. The van der Waals surface area contributed by atoms with Gasteiger partial charge in [-0.25, -0.2) is 4.98 Å². The first kappa shape index (κ1) is 13.2. The highest BCUT2D eigenvalue weighted by Gasteiger charge is 2.42. The van der Waals surface area contributed by atoms with Crippen molar-refractivity contribution in [1.29, 1.82) is 0 Å². The molecule has 4 nitrogen and oxygen atoms in total. The minimum Gasteiger partial charge on any atom is -0.378 e. The molecule has 1 saturated carbocycles. The molecule has 20 heavy (non-hydrogen) atoms. The van der Waals surface area contributed by atoms with Crippen LogP contribution in [0.4, 0.5) is 0 Å². The minimum absolute atomic E-state index is 0.600. The van der Waals surface area contributed by atoms with E-state index in [0.29, 0.717) is 12.1 Å². The Labute approximate surface area is 124 Å². The molecule has 3 fully saturated rings. The van der Waals surface area contributed by atoms with E-state index in [4.69, 9.17) is 4.74 Å². The number of nitrogens with zero attached hydrogens (tertiary/aromatic N) is 3. The first-order valence-electron chi connectivity index (χ1n) is 7.76. The van der Waals surface area contributed by atoms with E-state index >= 15 is 0 Å². The second-order valence-electron chi connectivity index (χ2n) is 6.43. The van der Waals surface area contributed by atoms with E-state index < -0.39 is 0 Å². The van der Waals surface area contributed by atoms with Crippen molar-refractivity contribution in [3.63, 3.8) is 0 Å². The summed E-state index contributed by atoms with van der Waals surface area (Å²) in [6.07, 6.45) is 2.83. The highest BCUT2D eigenvalue weighted by atomic mass is 32.1. The summed E-state index contributed by atoms with van der Waals surface area (Å²) in [5.41, 5.74) is 1.23. The molecule has 5 heteroatoms. The van der Waals surface area contributed by atoms with Gasteiger partial charge in [-0.2, -0.15) is 0 Å². The van der Waals surface area contributed by atoms with Gasteiger partial charge < -0.3 is 4.74 Å². The number of ether oxygens (including phenoxy) is 1. The average molecular weight is 293 g/mol. The lowest BCUT2D eigenvalue weighted by molar-refractivity contribution is -0.0881. The van der Waals surface area contributed by atoms with Crippen molar-refractivity contribution >= 4 is 11.3 Å². The molecule has 0 amide bonds. The van der Waals surface area contributed by atoms with E-state index in [0.717, 1.165) is 32.2 Å². The molecule has 0 spiro atoms. The molecule has 1 aromatic rings. The number of aromatic nitrogens is 1. The van der Waals surface area contributed by atoms with Crippen LogP contribution in [0.25, 0.3) is 0 Å². The number of piperazine rings is 1. The van der Waals surface area contributed by atoms with Crippen molar-refractivity contribution in [3.05, 3.63) is 16.1 Å². The largest absolute Gasteiger partial charge is 0.378 e. The van der Waals surface area contributed by atoms with E-state index in [1.807, 2.05) is 0 Å². The van der Waals surface area contributed by atoms with Crippen LogP contribution in [0.2, 0.25) is 0 Å². The fourth-order valence-corrected chi connectivity index (χ4v) is 4.28. The number of morpholine rings is 1. The molecule has 0 bridgehead atoms. The summed E-state index contributed by atoms with van der Waals surface area (Å²) in [6, 6.07) is 1.31. The van der Waals surface area contributed by atoms with Gasteiger partial charge in [0.15, 0.2) is 0 Å². The Morgan fingerprint density at radius 3 is 3.00 bits per heavy atom. The topological polar surface area (TPSA) is 28.6 Å². The molecule has 1 aromatic heterocycles. The highest BCUT2D eigenvalue weighted by Crippen LogP contribution is 2.38. The lowest BCUT2D eigenvalue weighted by Crippen LogP contribution is -2.62. The maximum atomic E-state index is 5.87. The maximum Gasteiger partial charge on any atom is 0.0897 e. The van der Waals surface area contributed by atoms with Crippen LogP contribution >= 0.6 is 11.3 Å². The van der Waals surface area contributed by atoms with Gasteiger partial charge >= 0.3 is 0 Å². The van der Waals surface area contributed by atoms with Crippen LogP contribution in [0.5, 0.6) is 0 Å². The third kappa shape index (κ3) is 2.64. The molecule has 110 valence electrons. The Hall–Kier alpha value is -0.490. The lowest BCUT2D eigenvalue weighted by Gasteiger charge is -2.48. The van der Waals surface area contributed by atoms with Gasteiger partial charge in [-0.15, -0.1) is 11.3 Å². The van der Waals surface area contributed by atoms with Gasteiger partial charge in [0.25, 0.3) is 0 Å². The molecule has 0 aromatic carbocycles. The number of thiazole rings is 1. The molecule has 0 radical (unpaired) electrons. The summed E-state index contributed by atoms with van der Waals surface area (Å²) < 4.78 is 5.87. The minimum atomic E-state index is 0.600. The molecule has 2 atom stereocenters.